The number of anilines is 1. The maximum Gasteiger partial charge on any atom is 0.250 e. The van der Waals surface area contributed by atoms with Crippen molar-refractivity contribution in [2.24, 2.45) is 0 Å². The van der Waals surface area contributed by atoms with Gasteiger partial charge in [0, 0.05) is 22.0 Å². The van der Waals surface area contributed by atoms with Crippen LogP contribution in [0.5, 0.6) is 5.75 Å². The molecule has 1 heterocycles. The molecule has 0 unspecified atom stereocenters. The minimum absolute atomic E-state index is 0.226. The van der Waals surface area contributed by atoms with Crippen LogP contribution in [0.4, 0.5) is 5.13 Å². The second-order valence-electron chi connectivity index (χ2n) is 6.14. The lowest BCUT2D eigenvalue weighted by Gasteiger charge is -2.05. The van der Waals surface area contributed by atoms with Gasteiger partial charge in [0.05, 0.1) is 12.3 Å². The minimum atomic E-state index is -0.226. The Morgan fingerprint density at radius 1 is 1.18 bits per heavy atom. The zero-order valence-electron chi connectivity index (χ0n) is 15.5. The molecule has 6 heteroatoms. The Labute approximate surface area is 173 Å². The first-order valence-corrected chi connectivity index (χ1v) is 10.3. The number of halogens is 1. The number of amides is 1. The van der Waals surface area contributed by atoms with Crippen molar-refractivity contribution in [3.05, 3.63) is 70.6 Å². The topological polar surface area (TPSA) is 51.2 Å². The Kier molecular flexibility index (Phi) is 7.23. The lowest BCUT2D eigenvalue weighted by molar-refractivity contribution is -0.111. The molecule has 1 amide bonds. The zero-order chi connectivity index (χ0) is 19.8. The summed E-state index contributed by atoms with van der Waals surface area (Å²) in [5.41, 5.74) is 2.71. The van der Waals surface area contributed by atoms with E-state index in [0.29, 0.717) is 10.2 Å². The summed E-state index contributed by atoms with van der Waals surface area (Å²) in [6.07, 6.45) is 5.37. The van der Waals surface area contributed by atoms with Gasteiger partial charge in [0.15, 0.2) is 5.13 Å². The molecule has 3 aromatic rings. The van der Waals surface area contributed by atoms with Crippen molar-refractivity contribution in [1.29, 1.82) is 0 Å². The first kappa shape index (κ1) is 20.1. The van der Waals surface area contributed by atoms with Crippen LogP contribution in [0.3, 0.4) is 0 Å². The summed E-state index contributed by atoms with van der Waals surface area (Å²) >= 11 is 7.25. The van der Waals surface area contributed by atoms with E-state index in [1.54, 1.807) is 18.2 Å². The molecule has 0 spiro atoms. The Balaban J connectivity index is 1.57. The minimum Gasteiger partial charge on any atom is -0.494 e. The maximum absolute atomic E-state index is 12.1. The van der Waals surface area contributed by atoms with Crippen molar-refractivity contribution >= 4 is 40.1 Å². The average molecular weight is 413 g/mol. The highest BCUT2D eigenvalue weighted by atomic mass is 35.5. The number of hydrogen-bond acceptors (Lipinski definition) is 4. The molecular formula is C22H21ClN2O2S. The van der Waals surface area contributed by atoms with Crippen molar-refractivity contribution < 1.29 is 9.53 Å². The van der Waals surface area contributed by atoms with Crippen LogP contribution in [-0.2, 0) is 4.79 Å². The molecule has 3 rings (SSSR count). The number of carbonyl (C=O) groups is 1. The lowest BCUT2D eigenvalue weighted by Crippen LogP contribution is -2.07. The Morgan fingerprint density at radius 3 is 2.64 bits per heavy atom. The van der Waals surface area contributed by atoms with Crippen LogP contribution in [0.2, 0.25) is 5.02 Å². The largest absolute Gasteiger partial charge is 0.494 e. The molecule has 0 aliphatic rings. The van der Waals surface area contributed by atoms with Gasteiger partial charge < -0.3 is 4.74 Å². The molecular weight excluding hydrogens is 392 g/mol. The number of thiazole rings is 1. The van der Waals surface area contributed by atoms with Crippen LogP contribution in [0, 0.1) is 0 Å². The van der Waals surface area contributed by atoms with E-state index in [1.807, 2.05) is 41.8 Å². The van der Waals surface area contributed by atoms with Crippen molar-refractivity contribution in [3.8, 4) is 17.0 Å². The lowest BCUT2D eigenvalue weighted by atomic mass is 10.2. The van der Waals surface area contributed by atoms with Crippen molar-refractivity contribution in [2.75, 3.05) is 11.9 Å². The van der Waals surface area contributed by atoms with E-state index >= 15 is 0 Å². The molecule has 0 saturated carbocycles. The highest BCUT2D eigenvalue weighted by Crippen LogP contribution is 2.26. The Bertz CT molecular complexity index is 934. The van der Waals surface area contributed by atoms with Crippen LogP contribution in [0.15, 0.2) is 60.0 Å². The van der Waals surface area contributed by atoms with Crippen LogP contribution >= 0.6 is 22.9 Å². The molecule has 1 aromatic heterocycles. The molecule has 0 fully saturated rings. The van der Waals surface area contributed by atoms with Crippen LogP contribution < -0.4 is 10.1 Å². The average Bonchev–Trinajstić information content (AvgIpc) is 3.17. The second-order valence-corrected chi connectivity index (χ2v) is 7.43. The molecule has 0 atom stereocenters. The number of carbonyl (C=O) groups excluding carboxylic acids is 1. The van der Waals surface area contributed by atoms with Gasteiger partial charge in [-0.3, -0.25) is 10.1 Å². The molecule has 144 valence electrons. The van der Waals surface area contributed by atoms with Gasteiger partial charge in [0.1, 0.15) is 5.75 Å². The molecule has 4 nitrogen and oxygen atoms in total. The number of benzene rings is 2. The van der Waals surface area contributed by atoms with Gasteiger partial charge in [0.25, 0.3) is 0 Å². The number of aromatic nitrogens is 1. The Morgan fingerprint density at radius 2 is 1.93 bits per heavy atom. The number of rotatable bonds is 8. The van der Waals surface area contributed by atoms with E-state index < -0.39 is 0 Å². The highest BCUT2D eigenvalue weighted by Gasteiger charge is 2.07. The summed E-state index contributed by atoms with van der Waals surface area (Å²) in [5.74, 6) is 0.629. The number of nitrogens with zero attached hydrogens (tertiary/aromatic N) is 1. The molecule has 0 radical (unpaired) electrons. The van der Waals surface area contributed by atoms with Gasteiger partial charge in [-0.1, -0.05) is 37.1 Å². The summed E-state index contributed by atoms with van der Waals surface area (Å²) in [7, 11) is 0. The molecule has 0 aliphatic heterocycles. The molecule has 1 N–H and O–H groups in total. The van der Waals surface area contributed by atoms with Gasteiger partial charge >= 0.3 is 0 Å². The van der Waals surface area contributed by atoms with Crippen LogP contribution in [-0.4, -0.2) is 17.5 Å². The summed E-state index contributed by atoms with van der Waals surface area (Å²) in [5, 5.41) is 5.94. The van der Waals surface area contributed by atoms with Gasteiger partial charge in [0.2, 0.25) is 5.91 Å². The fourth-order valence-corrected chi connectivity index (χ4v) is 3.26. The third-order valence-corrected chi connectivity index (χ3v) is 4.96. The molecule has 0 bridgehead atoms. The van der Waals surface area contributed by atoms with Crippen molar-refractivity contribution in [1.82, 2.24) is 4.98 Å². The zero-order valence-corrected chi connectivity index (χ0v) is 17.1. The highest BCUT2D eigenvalue weighted by molar-refractivity contribution is 7.14. The summed E-state index contributed by atoms with van der Waals surface area (Å²) in [4.78, 5) is 16.6. The summed E-state index contributed by atoms with van der Waals surface area (Å²) in [6, 6.07) is 15.1. The van der Waals surface area contributed by atoms with Gasteiger partial charge in [-0.2, -0.15) is 0 Å². The van der Waals surface area contributed by atoms with E-state index in [9.17, 15) is 4.79 Å². The van der Waals surface area contributed by atoms with E-state index in [-0.39, 0.29) is 5.91 Å². The third-order valence-electron chi connectivity index (χ3n) is 3.95. The first-order valence-electron chi connectivity index (χ1n) is 9.07. The van der Waals surface area contributed by atoms with E-state index in [2.05, 4.69) is 17.2 Å². The molecule has 2 aromatic carbocycles. The fourth-order valence-electron chi connectivity index (χ4n) is 2.41. The summed E-state index contributed by atoms with van der Waals surface area (Å²) in [6.45, 7) is 2.87. The number of ether oxygens (including phenoxy) is 1. The van der Waals surface area contributed by atoms with E-state index in [0.717, 1.165) is 42.0 Å². The van der Waals surface area contributed by atoms with Crippen molar-refractivity contribution in [3.63, 3.8) is 0 Å². The molecule has 0 saturated heterocycles. The SMILES string of the molecule is CCCCOc1ccc(-c2csc(NC(=O)C=Cc3ccc(Cl)cc3)n2)cc1. The predicted octanol–water partition coefficient (Wildman–Crippen LogP) is 6.29. The third kappa shape index (κ3) is 5.94. The summed E-state index contributed by atoms with van der Waals surface area (Å²) < 4.78 is 5.68. The standard InChI is InChI=1S/C22H21ClN2O2S/c1-2-3-14-27-19-11-7-17(8-12-19)20-15-28-22(24-20)25-21(26)13-6-16-4-9-18(23)10-5-16/h4-13,15H,2-3,14H2,1H3,(H,24,25,26). The maximum atomic E-state index is 12.1. The number of nitrogens with one attached hydrogen (secondary N) is 1. The van der Waals surface area contributed by atoms with Crippen LogP contribution in [0.1, 0.15) is 25.3 Å². The van der Waals surface area contributed by atoms with Gasteiger partial charge in [-0.25, -0.2) is 4.98 Å². The monoisotopic (exact) mass is 412 g/mol. The molecule has 28 heavy (non-hydrogen) atoms. The second kappa shape index (κ2) is 10.1. The number of hydrogen-bond donors (Lipinski definition) is 1. The smallest absolute Gasteiger partial charge is 0.250 e. The first-order chi connectivity index (χ1) is 13.6. The quantitative estimate of drug-likeness (QED) is 0.349. The van der Waals surface area contributed by atoms with Gasteiger partial charge in [-0.05, 0) is 54.5 Å². The Hall–Kier alpha value is -2.63. The predicted molar refractivity (Wildman–Crippen MR) is 117 cm³/mol. The normalized spacial score (nSPS) is 10.9. The number of unbranched alkanes of at least 4 members (excludes halogenated alkanes) is 1. The molecule has 0 aliphatic carbocycles. The van der Waals surface area contributed by atoms with E-state index in [4.69, 9.17) is 16.3 Å². The fraction of sp³-hybridized carbons (Fsp3) is 0.182. The van der Waals surface area contributed by atoms with Gasteiger partial charge in [-0.15, -0.1) is 11.3 Å². The van der Waals surface area contributed by atoms with E-state index in [1.165, 1.54) is 17.4 Å². The van der Waals surface area contributed by atoms with Crippen molar-refractivity contribution in [2.45, 2.75) is 19.8 Å². The van der Waals surface area contributed by atoms with Crippen LogP contribution in [0.25, 0.3) is 17.3 Å².